The Labute approximate surface area is 93.5 Å². The Morgan fingerprint density at radius 3 is 3.06 bits per heavy atom. The fourth-order valence-electron chi connectivity index (χ4n) is 2.13. The number of aromatic nitrogens is 1. The zero-order valence-corrected chi connectivity index (χ0v) is 8.97. The first kappa shape index (κ1) is 9.81. The van der Waals surface area contributed by atoms with Gasteiger partial charge in [0.1, 0.15) is 5.52 Å². The molecule has 0 saturated carbocycles. The topological polar surface area (TPSA) is 49.5 Å². The van der Waals surface area contributed by atoms with Gasteiger partial charge in [0.05, 0.1) is 12.6 Å². The van der Waals surface area contributed by atoms with Crippen LogP contribution in [-0.4, -0.2) is 34.2 Å². The normalized spacial score (nSPS) is 21.9. The second-order valence-electron chi connectivity index (χ2n) is 4.25. The van der Waals surface area contributed by atoms with Crippen molar-refractivity contribution >= 4 is 11.1 Å². The summed E-state index contributed by atoms with van der Waals surface area (Å²) in [5.41, 5.74) is 1.73. The number of aliphatic hydroxyl groups is 1. The molecule has 4 heteroatoms. The highest BCUT2D eigenvalue weighted by molar-refractivity contribution is 5.72. The standard InChI is InChI=1S/C12H14N2O2/c15-9-5-6-14(7-9)8-12-13-10-3-1-2-4-11(10)16-12/h1-4,9,15H,5-8H2. The van der Waals surface area contributed by atoms with Crippen LogP contribution >= 0.6 is 0 Å². The van der Waals surface area contributed by atoms with E-state index in [2.05, 4.69) is 9.88 Å². The highest BCUT2D eigenvalue weighted by Crippen LogP contribution is 2.18. The fraction of sp³-hybridized carbons (Fsp3) is 0.417. The maximum absolute atomic E-state index is 9.42. The van der Waals surface area contributed by atoms with Crippen LogP contribution in [0.25, 0.3) is 11.1 Å². The molecule has 4 nitrogen and oxygen atoms in total. The van der Waals surface area contributed by atoms with Crippen molar-refractivity contribution in [2.75, 3.05) is 13.1 Å². The molecule has 1 unspecified atom stereocenters. The van der Waals surface area contributed by atoms with E-state index in [1.807, 2.05) is 24.3 Å². The molecule has 3 rings (SSSR count). The van der Waals surface area contributed by atoms with Gasteiger partial charge in [0.15, 0.2) is 5.58 Å². The van der Waals surface area contributed by atoms with Gasteiger partial charge in [-0.3, -0.25) is 4.90 Å². The second kappa shape index (κ2) is 3.88. The molecular weight excluding hydrogens is 204 g/mol. The summed E-state index contributed by atoms with van der Waals surface area (Å²) in [5, 5.41) is 9.42. The summed E-state index contributed by atoms with van der Waals surface area (Å²) < 4.78 is 5.63. The van der Waals surface area contributed by atoms with E-state index >= 15 is 0 Å². The first-order valence-corrected chi connectivity index (χ1v) is 5.56. The first-order valence-electron chi connectivity index (χ1n) is 5.56. The number of rotatable bonds is 2. The molecule has 2 heterocycles. The van der Waals surface area contributed by atoms with Gasteiger partial charge in [0.2, 0.25) is 5.89 Å². The number of nitrogens with zero attached hydrogens (tertiary/aromatic N) is 2. The van der Waals surface area contributed by atoms with E-state index < -0.39 is 0 Å². The maximum Gasteiger partial charge on any atom is 0.209 e. The Morgan fingerprint density at radius 2 is 2.31 bits per heavy atom. The molecule has 1 aromatic heterocycles. The third-order valence-corrected chi connectivity index (χ3v) is 2.94. The van der Waals surface area contributed by atoms with Gasteiger partial charge in [-0.25, -0.2) is 4.98 Å². The number of oxazole rings is 1. The summed E-state index contributed by atoms with van der Waals surface area (Å²) >= 11 is 0. The van der Waals surface area contributed by atoms with Crippen molar-refractivity contribution in [3.8, 4) is 0 Å². The van der Waals surface area contributed by atoms with E-state index in [-0.39, 0.29) is 6.10 Å². The molecule has 84 valence electrons. The van der Waals surface area contributed by atoms with Crippen LogP contribution in [0.1, 0.15) is 12.3 Å². The van der Waals surface area contributed by atoms with Crippen molar-refractivity contribution in [1.29, 1.82) is 0 Å². The van der Waals surface area contributed by atoms with Gasteiger partial charge in [-0.15, -0.1) is 0 Å². The molecule has 0 amide bonds. The molecule has 2 aromatic rings. The van der Waals surface area contributed by atoms with Crippen LogP contribution in [0, 0.1) is 0 Å². The fourth-order valence-corrected chi connectivity index (χ4v) is 2.13. The monoisotopic (exact) mass is 218 g/mol. The van der Waals surface area contributed by atoms with Gasteiger partial charge in [-0.05, 0) is 18.6 Å². The lowest BCUT2D eigenvalue weighted by Gasteiger charge is -2.11. The number of fused-ring (bicyclic) bond motifs is 1. The zero-order chi connectivity index (χ0) is 11.0. The van der Waals surface area contributed by atoms with Crippen LogP contribution in [0.5, 0.6) is 0 Å². The van der Waals surface area contributed by atoms with Gasteiger partial charge in [0.25, 0.3) is 0 Å². The highest BCUT2D eigenvalue weighted by atomic mass is 16.3. The van der Waals surface area contributed by atoms with Crippen molar-refractivity contribution in [3.05, 3.63) is 30.2 Å². The average Bonchev–Trinajstić information content (AvgIpc) is 2.84. The molecule has 1 saturated heterocycles. The zero-order valence-electron chi connectivity index (χ0n) is 8.97. The molecule has 0 bridgehead atoms. The Balaban J connectivity index is 1.79. The number of β-amino-alcohol motifs (C(OH)–C–C–N with tert-alkyl or cyclic N) is 1. The van der Waals surface area contributed by atoms with Crippen molar-refractivity contribution in [1.82, 2.24) is 9.88 Å². The Hall–Kier alpha value is -1.39. The van der Waals surface area contributed by atoms with E-state index in [1.54, 1.807) is 0 Å². The number of benzene rings is 1. The number of aliphatic hydroxyl groups excluding tert-OH is 1. The highest BCUT2D eigenvalue weighted by Gasteiger charge is 2.21. The van der Waals surface area contributed by atoms with Crippen molar-refractivity contribution in [2.45, 2.75) is 19.1 Å². The van der Waals surface area contributed by atoms with Crippen LogP contribution in [0.2, 0.25) is 0 Å². The summed E-state index contributed by atoms with van der Waals surface area (Å²) in [6.07, 6.45) is 0.657. The number of likely N-dealkylation sites (tertiary alicyclic amines) is 1. The lowest BCUT2D eigenvalue weighted by Crippen LogP contribution is -2.21. The minimum absolute atomic E-state index is 0.190. The molecule has 0 spiro atoms. The van der Waals surface area contributed by atoms with Gasteiger partial charge < -0.3 is 9.52 Å². The lowest BCUT2D eigenvalue weighted by molar-refractivity contribution is 0.171. The minimum atomic E-state index is -0.190. The molecule has 1 fully saturated rings. The summed E-state index contributed by atoms with van der Waals surface area (Å²) in [6, 6.07) is 7.76. The Kier molecular flexibility index (Phi) is 2.38. The van der Waals surface area contributed by atoms with Crippen molar-refractivity contribution in [3.63, 3.8) is 0 Å². The van der Waals surface area contributed by atoms with Crippen molar-refractivity contribution in [2.24, 2.45) is 0 Å². The van der Waals surface area contributed by atoms with E-state index in [1.165, 1.54) is 0 Å². The molecule has 0 radical (unpaired) electrons. The van der Waals surface area contributed by atoms with E-state index in [4.69, 9.17) is 4.42 Å². The van der Waals surface area contributed by atoms with Gasteiger partial charge in [0, 0.05) is 13.1 Å². The Morgan fingerprint density at radius 1 is 1.44 bits per heavy atom. The summed E-state index contributed by atoms with van der Waals surface area (Å²) in [7, 11) is 0. The van der Waals surface area contributed by atoms with Crippen LogP contribution in [-0.2, 0) is 6.54 Å². The number of hydrogen-bond donors (Lipinski definition) is 1. The maximum atomic E-state index is 9.42. The summed E-state index contributed by atoms with van der Waals surface area (Å²) in [4.78, 5) is 6.57. The molecule has 1 atom stereocenters. The molecule has 1 aliphatic heterocycles. The van der Waals surface area contributed by atoms with Crippen LogP contribution in [0.3, 0.4) is 0 Å². The van der Waals surface area contributed by atoms with Gasteiger partial charge in [-0.1, -0.05) is 12.1 Å². The summed E-state index contributed by atoms with van der Waals surface area (Å²) in [5.74, 6) is 0.732. The molecular formula is C12H14N2O2. The predicted molar refractivity (Wildman–Crippen MR) is 59.9 cm³/mol. The quantitative estimate of drug-likeness (QED) is 0.827. The molecule has 16 heavy (non-hydrogen) atoms. The molecule has 1 aromatic carbocycles. The summed E-state index contributed by atoms with van der Waals surface area (Å²) in [6.45, 7) is 2.32. The molecule has 1 aliphatic rings. The largest absolute Gasteiger partial charge is 0.439 e. The van der Waals surface area contributed by atoms with Gasteiger partial charge >= 0.3 is 0 Å². The second-order valence-corrected chi connectivity index (χ2v) is 4.25. The molecule has 0 aliphatic carbocycles. The average molecular weight is 218 g/mol. The molecule has 1 N–H and O–H groups in total. The van der Waals surface area contributed by atoms with Crippen LogP contribution in [0.15, 0.2) is 28.7 Å². The SMILES string of the molecule is OC1CCN(Cc2nc3ccccc3o2)C1. The number of hydrogen-bond acceptors (Lipinski definition) is 4. The third-order valence-electron chi connectivity index (χ3n) is 2.94. The lowest BCUT2D eigenvalue weighted by atomic mass is 10.3. The third kappa shape index (κ3) is 1.81. The van der Waals surface area contributed by atoms with E-state index in [0.717, 1.165) is 36.5 Å². The van der Waals surface area contributed by atoms with E-state index in [0.29, 0.717) is 6.54 Å². The predicted octanol–water partition coefficient (Wildman–Crippen LogP) is 1.39. The van der Waals surface area contributed by atoms with Gasteiger partial charge in [-0.2, -0.15) is 0 Å². The van der Waals surface area contributed by atoms with Crippen LogP contribution < -0.4 is 0 Å². The minimum Gasteiger partial charge on any atom is -0.439 e. The Bertz CT molecular complexity index is 461. The van der Waals surface area contributed by atoms with Crippen LogP contribution in [0.4, 0.5) is 0 Å². The smallest absolute Gasteiger partial charge is 0.209 e. The first-order chi connectivity index (χ1) is 7.81. The van der Waals surface area contributed by atoms with Crippen molar-refractivity contribution < 1.29 is 9.52 Å². The number of para-hydroxylation sites is 2. The van der Waals surface area contributed by atoms with E-state index in [9.17, 15) is 5.11 Å².